The van der Waals surface area contributed by atoms with Crippen molar-refractivity contribution in [3.8, 4) is 22.4 Å². The number of hydrogen-bond acceptors (Lipinski definition) is 4. The highest BCUT2D eigenvalue weighted by atomic mass is 35.5. The molecule has 4 rings (SSSR count). The number of nitrogens with zero attached hydrogens (tertiary/aromatic N) is 3. The van der Waals surface area contributed by atoms with Crippen LogP contribution >= 0.6 is 23.2 Å². The molecule has 160 valence electrons. The summed E-state index contributed by atoms with van der Waals surface area (Å²) in [6.07, 6.45) is 6.18. The third-order valence-corrected chi connectivity index (χ3v) is 6.35. The van der Waals surface area contributed by atoms with Gasteiger partial charge in [-0.2, -0.15) is 0 Å². The molecule has 1 amide bonds. The fraction of sp³-hybridized carbons (Fsp3) is 0.292. The summed E-state index contributed by atoms with van der Waals surface area (Å²) in [6, 6.07) is 16.6. The summed E-state index contributed by atoms with van der Waals surface area (Å²) in [5, 5.41) is 11.0. The first-order valence-corrected chi connectivity index (χ1v) is 11.2. The van der Waals surface area contributed by atoms with Crippen molar-refractivity contribution in [2.24, 2.45) is 11.8 Å². The predicted octanol–water partition coefficient (Wildman–Crippen LogP) is 6.29. The summed E-state index contributed by atoms with van der Waals surface area (Å²) in [5.74, 6) is 6.73. The summed E-state index contributed by atoms with van der Waals surface area (Å²) in [6.45, 7) is 0. The van der Waals surface area contributed by atoms with Crippen molar-refractivity contribution in [1.82, 2.24) is 10.2 Å². The van der Waals surface area contributed by atoms with E-state index < -0.39 is 0 Å². The van der Waals surface area contributed by atoms with E-state index in [2.05, 4.69) is 10.2 Å². The van der Waals surface area contributed by atoms with Crippen LogP contribution in [0.15, 0.2) is 54.6 Å². The van der Waals surface area contributed by atoms with Crippen LogP contribution in [0.5, 0.6) is 0 Å². The maximum Gasteiger partial charge on any atom is 0.242 e. The Morgan fingerprint density at radius 1 is 0.968 bits per heavy atom. The third-order valence-electron chi connectivity index (χ3n) is 5.77. The Balaban J connectivity index is 1.70. The van der Waals surface area contributed by atoms with Gasteiger partial charge in [-0.15, -0.1) is 10.2 Å². The molecule has 0 unspecified atom stereocenters. The Morgan fingerprint density at radius 3 is 2.39 bits per heavy atom. The molecule has 1 saturated carbocycles. The van der Waals surface area contributed by atoms with Crippen LogP contribution in [0.2, 0.25) is 10.0 Å². The normalized spacial score (nSPS) is 14.4. The fourth-order valence-corrected chi connectivity index (χ4v) is 4.42. The van der Waals surface area contributed by atoms with Gasteiger partial charge in [0.1, 0.15) is 5.69 Å². The number of hydrazine groups is 1. The number of rotatable bonds is 5. The highest BCUT2D eigenvalue weighted by Crippen LogP contribution is 2.36. The Labute approximate surface area is 192 Å². The molecular weight excluding hydrogens is 431 g/mol. The molecule has 3 aromatic rings. The number of hydrogen-bond donors (Lipinski definition) is 1. The average Bonchev–Trinajstić information content (AvgIpc) is 2.80. The van der Waals surface area contributed by atoms with Crippen molar-refractivity contribution in [2.45, 2.75) is 38.5 Å². The van der Waals surface area contributed by atoms with E-state index in [9.17, 15) is 4.79 Å². The molecule has 1 aromatic heterocycles. The second-order valence-electron chi connectivity index (χ2n) is 7.92. The number of benzene rings is 2. The zero-order chi connectivity index (χ0) is 21.8. The largest absolute Gasteiger partial charge is 0.273 e. The van der Waals surface area contributed by atoms with Crippen LogP contribution in [0, 0.1) is 5.92 Å². The second kappa shape index (κ2) is 9.77. The quantitative estimate of drug-likeness (QED) is 0.279. The van der Waals surface area contributed by atoms with Crippen LogP contribution in [-0.4, -0.2) is 16.1 Å². The van der Waals surface area contributed by atoms with E-state index in [1.54, 1.807) is 12.1 Å². The molecule has 1 aliphatic carbocycles. The topological polar surface area (TPSA) is 72.1 Å². The third kappa shape index (κ3) is 5.06. The molecule has 31 heavy (non-hydrogen) atoms. The Bertz CT molecular complexity index is 1070. The van der Waals surface area contributed by atoms with Crippen LogP contribution in [0.1, 0.15) is 38.5 Å². The fourth-order valence-electron chi connectivity index (χ4n) is 4.07. The van der Waals surface area contributed by atoms with Gasteiger partial charge >= 0.3 is 0 Å². The molecule has 2 N–H and O–H groups in total. The maximum absolute atomic E-state index is 12.8. The lowest BCUT2D eigenvalue weighted by Crippen LogP contribution is -2.39. The zero-order valence-corrected chi connectivity index (χ0v) is 18.6. The number of amides is 1. The molecule has 0 radical (unpaired) electrons. The summed E-state index contributed by atoms with van der Waals surface area (Å²) in [5.41, 5.74) is 3.02. The minimum absolute atomic E-state index is 0.145. The maximum atomic E-state index is 12.8. The van der Waals surface area contributed by atoms with Crippen molar-refractivity contribution in [3.63, 3.8) is 0 Å². The Kier molecular flexibility index (Phi) is 6.86. The molecule has 1 fully saturated rings. The molecule has 5 nitrogen and oxygen atoms in total. The smallest absolute Gasteiger partial charge is 0.242 e. The highest BCUT2D eigenvalue weighted by molar-refractivity contribution is 6.33. The monoisotopic (exact) mass is 454 g/mol. The second-order valence-corrected chi connectivity index (χ2v) is 8.77. The van der Waals surface area contributed by atoms with Crippen LogP contribution in [0.3, 0.4) is 0 Å². The number of halogens is 2. The van der Waals surface area contributed by atoms with Crippen LogP contribution in [0.4, 0.5) is 5.82 Å². The van der Waals surface area contributed by atoms with Gasteiger partial charge in [-0.25, -0.2) is 10.9 Å². The van der Waals surface area contributed by atoms with E-state index in [4.69, 9.17) is 29.0 Å². The van der Waals surface area contributed by atoms with Gasteiger partial charge in [-0.05, 0) is 48.6 Å². The van der Waals surface area contributed by atoms with Crippen LogP contribution < -0.4 is 10.9 Å². The van der Waals surface area contributed by atoms with Gasteiger partial charge < -0.3 is 0 Å². The summed E-state index contributed by atoms with van der Waals surface area (Å²) in [4.78, 5) is 12.8. The predicted molar refractivity (Wildman–Crippen MR) is 126 cm³/mol. The first kappa shape index (κ1) is 21.8. The van der Waals surface area contributed by atoms with Gasteiger partial charge in [0.05, 0.1) is 5.02 Å². The van der Waals surface area contributed by atoms with Crippen molar-refractivity contribution in [1.29, 1.82) is 0 Å². The summed E-state index contributed by atoms with van der Waals surface area (Å²) in [7, 11) is 0. The standard InChI is InChI=1S/C24H24Cl2N4O/c25-18-12-10-17(11-13-18)20-15-22(28-29-24(20)19-8-4-5-9-21(19)26)30(27)23(31)14-16-6-2-1-3-7-16/h4-5,8-13,15-16H,1-3,6-7,14,27H2. The van der Waals surface area contributed by atoms with E-state index in [0.29, 0.717) is 33.9 Å². The van der Waals surface area contributed by atoms with Crippen molar-refractivity contribution >= 4 is 34.9 Å². The molecule has 1 heterocycles. The van der Waals surface area contributed by atoms with Gasteiger partial charge in [0.2, 0.25) is 5.91 Å². The molecule has 0 saturated heterocycles. The van der Waals surface area contributed by atoms with Gasteiger partial charge in [0.25, 0.3) is 0 Å². The van der Waals surface area contributed by atoms with Gasteiger partial charge in [-0.3, -0.25) is 4.79 Å². The number of carbonyl (C=O) groups excluding carboxylic acids is 1. The molecule has 0 aliphatic heterocycles. The van der Waals surface area contributed by atoms with Crippen LogP contribution in [0.25, 0.3) is 22.4 Å². The average molecular weight is 455 g/mol. The zero-order valence-electron chi connectivity index (χ0n) is 17.1. The Hall–Kier alpha value is -2.47. The van der Waals surface area contributed by atoms with Crippen LogP contribution in [-0.2, 0) is 4.79 Å². The summed E-state index contributed by atoms with van der Waals surface area (Å²) >= 11 is 12.5. The van der Waals surface area contributed by atoms with E-state index in [-0.39, 0.29) is 5.91 Å². The molecule has 0 bridgehead atoms. The SMILES string of the molecule is NN(C(=O)CC1CCCCC1)c1cc(-c2ccc(Cl)cc2)c(-c2ccccc2Cl)nn1. The number of nitrogens with two attached hydrogens (primary N) is 1. The lowest BCUT2D eigenvalue weighted by Gasteiger charge is -2.23. The number of anilines is 1. The lowest BCUT2D eigenvalue weighted by atomic mass is 9.87. The first-order chi connectivity index (χ1) is 15.0. The van der Waals surface area contributed by atoms with Crippen molar-refractivity contribution < 1.29 is 4.79 Å². The van der Waals surface area contributed by atoms with Gasteiger partial charge in [-0.1, -0.05) is 72.8 Å². The minimum atomic E-state index is -0.145. The molecule has 7 heteroatoms. The number of aromatic nitrogens is 2. The molecule has 0 atom stereocenters. The van der Waals surface area contributed by atoms with Gasteiger partial charge in [0.15, 0.2) is 5.82 Å². The van der Waals surface area contributed by atoms with E-state index >= 15 is 0 Å². The van der Waals surface area contributed by atoms with E-state index in [0.717, 1.165) is 34.5 Å². The van der Waals surface area contributed by atoms with Gasteiger partial charge in [0, 0.05) is 22.6 Å². The molecule has 0 spiro atoms. The highest BCUT2D eigenvalue weighted by Gasteiger charge is 2.23. The molecular formula is C24H24Cl2N4O. The molecule has 1 aliphatic rings. The first-order valence-electron chi connectivity index (χ1n) is 10.5. The number of carbonyl (C=O) groups is 1. The van der Waals surface area contributed by atoms with E-state index in [1.165, 1.54) is 19.3 Å². The Morgan fingerprint density at radius 2 is 1.68 bits per heavy atom. The molecule has 2 aromatic carbocycles. The summed E-state index contributed by atoms with van der Waals surface area (Å²) < 4.78 is 0. The minimum Gasteiger partial charge on any atom is -0.273 e. The van der Waals surface area contributed by atoms with Crippen molar-refractivity contribution in [3.05, 3.63) is 64.6 Å². The van der Waals surface area contributed by atoms with E-state index in [1.807, 2.05) is 42.5 Å². The van der Waals surface area contributed by atoms with Crippen molar-refractivity contribution in [2.75, 3.05) is 5.01 Å². The lowest BCUT2D eigenvalue weighted by molar-refractivity contribution is -0.119.